The Morgan fingerprint density at radius 2 is 2.29 bits per heavy atom. The van der Waals surface area contributed by atoms with E-state index in [-0.39, 0.29) is 6.04 Å². The van der Waals surface area contributed by atoms with Gasteiger partial charge in [0.2, 0.25) is 0 Å². The van der Waals surface area contributed by atoms with Gasteiger partial charge in [-0.25, -0.2) is 4.39 Å². The molecule has 1 aliphatic rings. The van der Waals surface area contributed by atoms with Gasteiger partial charge in [-0.05, 0) is 30.4 Å². The van der Waals surface area contributed by atoms with Gasteiger partial charge < -0.3 is 0 Å². The van der Waals surface area contributed by atoms with Crippen LogP contribution in [-0.2, 0) is 6.42 Å². The van der Waals surface area contributed by atoms with Crippen molar-refractivity contribution in [1.82, 2.24) is 5.32 Å². The molecule has 2 atom stereocenters. The number of hydrogen-bond acceptors (Lipinski definition) is 1. The standard InChI is InChI=1S/C12H16FN/c1-2-12(13)14-11-8-7-9-5-3-4-6-10(9)11/h3-6,11-12,14H,2,7-8H2,1H3. The molecule has 0 aliphatic heterocycles. The summed E-state index contributed by atoms with van der Waals surface area (Å²) < 4.78 is 13.2. The highest BCUT2D eigenvalue weighted by Gasteiger charge is 2.23. The van der Waals surface area contributed by atoms with Gasteiger partial charge in [0.25, 0.3) is 0 Å². The Bertz CT molecular complexity index is 311. The number of aryl methyl sites for hydroxylation is 1. The molecule has 0 spiro atoms. The molecule has 76 valence electrons. The maximum absolute atomic E-state index is 13.2. The fourth-order valence-electron chi connectivity index (χ4n) is 2.07. The molecular weight excluding hydrogens is 177 g/mol. The first-order chi connectivity index (χ1) is 6.81. The van der Waals surface area contributed by atoms with Crippen LogP contribution in [0.4, 0.5) is 4.39 Å². The van der Waals surface area contributed by atoms with Crippen molar-refractivity contribution in [2.75, 3.05) is 0 Å². The van der Waals surface area contributed by atoms with Crippen molar-refractivity contribution in [2.45, 2.75) is 38.5 Å². The molecular formula is C12H16FN. The summed E-state index contributed by atoms with van der Waals surface area (Å²) in [4.78, 5) is 0. The lowest BCUT2D eigenvalue weighted by molar-refractivity contribution is 0.238. The monoisotopic (exact) mass is 193 g/mol. The first-order valence-corrected chi connectivity index (χ1v) is 5.29. The molecule has 0 fully saturated rings. The summed E-state index contributed by atoms with van der Waals surface area (Å²) in [5.41, 5.74) is 2.65. The van der Waals surface area contributed by atoms with Gasteiger partial charge in [-0.2, -0.15) is 0 Å². The Labute approximate surface area is 84.3 Å². The molecule has 0 amide bonds. The minimum absolute atomic E-state index is 0.223. The second kappa shape index (κ2) is 4.09. The Morgan fingerprint density at radius 3 is 3.07 bits per heavy atom. The predicted molar refractivity (Wildman–Crippen MR) is 55.8 cm³/mol. The molecule has 2 heteroatoms. The number of nitrogens with one attached hydrogen (secondary N) is 1. The zero-order valence-electron chi connectivity index (χ0n) is 8.46. The first kappa shape index (κ1) is 9.66. The van der Waals surface area contributed by atoms with Gasteiger partial charge in [-0.3, -0.25) is 5.32 Å². The average Bonchev–Trinajstić information content (AvgIpc) is 2.62. The molecule has 0 bridgehead atoms. The molecule has 1 aliphatic carbocycles. The molecule has 1 aromatic rings. The van der Waals surface area contributed by atoms with Crippen LogP contribution in [0.1, 0.15) is 36.9 Å². The third kappa shape index (κ3) is 1.80. The molecule has 0 saturated heterocycles. The highest BCUT2D eigenvalue weighted by Crippen LogP contribution is 2.31. The molecule has 14 heavy (non-hydrogen) atoms. The number of rotatable bonds is 3. The maximum Gasteiger partial charge on any atom is 0.151 e. The van der Waals surface area contributed by atoms with E-state index in [4.69, 9.17) is 0 Å². The van der Waals surface area contributed by atoms with Crippen LogP contribution in [0.25, 0.3) is 0 Å². The fourth-order valence-corrected chi connectivity index (χ4v) is 2.07. The van der Waals surface area contributed by atoms with Crippen molar-refractivity contribution >= 4 is 0 Å². The molecule has 1 nitrogen and oxygen atoms in total. The van der Waals surface area contributed by atoms with E-state index in [2.05, 4.69) is 17.4 Å². The normalized spacial score (nSPS) is 22.0. The summed E-state index contributed by atoms with van der Waals surface area (Å²) in [5.74, 6) is 0. The SMILES string of the molecule is CCC(F)NC1CCc2ccccc21. The lowest BCUT2D eigenvalue weighted by Gasteiger charge is -2.16. The van der Waals surface area contributed by atoms with E-state index >= 15 is 0 Å². The predicted octanol–water partition coefficient (Wildman–Crippen LogP) is 2.97. The number of halogens is 1. The van der Waals surface area contributed by atoms with E-state index in [1.807, 2.05) is 19.1 Å². The lowest BCUT2D eigenvalue weighted by Crippen LogP contribution is -2.27. The van der Waals surface area contributed by atoms with Crippen LogP contribution in [-0.4, -0.2) is 6.30 Å². The van der Waals surface area contributed by atoms with Gasteiger partial charge in [0.1, 0.15) is 0 Å². The van der Waals surface area contributed by atoms with E-state index in [0.29, 0.717) is 6.42 Å². The third-order valence-corrected chi connectivity index (χ3v) is 2.87. The minimum Gasteiger partial charge on any atom is -0.281 e. The second-order valence-electron chi connectivity index (χ2n) is 3.83. The summed E-state index contributed by atoms with van der Waals surface area (Å²) >= 11 is 0. The van der Waals surface area contributed by atoms with Crippen LogP contribution in [0.5, 0.6) is 0 Å². The summed E-state index contributed by atoms with van der Waals surface area (Å²) in [5, 5.41) is 3.02. The number of fused-ring (bicyclic) bond motifs is 1. The second-order valence-corrected chi connectivity index (χ2v) is 3.83. The Hall–Kier alpha value is -0.890. The van der Waals surface area contributed by atoms with Crippen LogP contribution in [0.3, 0.4) is 0 Å². The van der Waals surface area contributed by atoms with E-state index in [0.717, 1.165) is 12.8 Å². The van der Waals surface area contributed by atoms with E-state index < -0.39 is 6.30 Å². The van der Waals surface area contributed by atoms with Gasteiger partial charge in [-0.1, -0.05) is 31.2 Å². The van der Waals surface area contributed by atoms with E-state index in [1.165, 1.54) is 11.1 Å². The molecule has 0 saturated carbocycles. The molecule has 1 N–H and O–H groups in total. The summed E-state index contributed by atoms with van der Waals surface area (Å²) in [6.45, 7) is 1.86. The van der Waals surface area contributed by atoms with Crippen molar-refractivity contribution in [3.63, 3.8) is 0 Å². The van der Waals surface area contributed by atoms with E-state index in [9.17, 15) is 4.39 Å². The molecule has 2 rings (SSSR count). The quantitative estimate of drug-likeness (QED) is 0.728. The number of alkyl halides is 1. The number of hydrogen-bond donors (Lipinski definition) is 1. The molecule has 0 heterocycles. The first-order valence-electron chi connectivity index (χ1n) is 5.29. The maximum atomic E-state index is 13.2. The fraction of sp³-hybridized carbons (Fsp3) is 0.500. The zero-order valence-corrected chi connectivity index (χ0v) is 8.46. The molecule has 0 aromatic heterocycles. The Balaban J connectivity index is 2.10. The summed E-state index contributed by atoms with van der Waals surface area (Å²) in [7, 11) is 0. The van der Waals surface area contributed by atoms with Crippen molar-refractivity contribution < 1.29 is 4.39 Å². The highest BCUT2D eigenvalue weighted by atomic mass is 19.1. The van der Waals surface area contributed by atoms with Crippen LogP contribution in [0.15, 0.2) is 24.3 Å². The molecule has 0 radical (unpaired) electrons. The Morgan fingerprint density at radius 1 is 1.50 bits per heavy atom. The Kier molecular flexibility index (Phi) is 2.82. The highest BCUT2D eigenvalue weighted by molar-refractivity contribution is 5.34. The van der Waals surface area contributed by atoms with Crippen molar-refractivity contribution in [2.24, 2.45) is 0 Å². The zero-order chi connectivity index (χ0) is 9.97. The molecule has 1 aromatic carbocycles. The van der Waals surface area contributed by atoms with E-state index in [1.54, 1.807) is 0 Å². The lowest BCUT2D eigenvalue weighted by atomic mass is 10.1. The van der Waals surface area contributed by atoms with Crippen molar-refractivity contribution in [1.29, 1.82) is 0 Å². The van der Waals surface area contributed by atoms with Crippen LogP contribution < -0.4 is 5.32 Å². The summed E-state index contributed by atoms with van der Waals surface area (Å²) in [6, 6.07) is 8.53. The smallest absolute Gasteiger partial charge is 0.151 e. The van der Waals surface area contributed by atoms with Gasteiger partial charge in [-0.15, -0.1) is 0 Å². The molecule has 2 unspecified atom stereocenters. The van der Waals surface area contributed by atoms with Crippen molar-refractivity contribution in [3.05, 3.63) is 35.4 Å². The summed E-state index contributed by atoms with van der Waals surface area (Å²) in [6.07, 6.45) is 1.77. The minimum atomic E-state index is -0.869. The van der Waals surface area contributed by atoms with Gasteiger partial charge >= 0.3 is 0 Å². The van der Waals surface area contributed by atoms with Crippen LogP contribution in [0.2, 0.25) is 0 Å². The van der Waals surface area contributed by atoms with Gasteiger partial charge in [0.15, 0.2) is 6.30 Å². The van der Waals surface area contributed by atoms with Crippen LogP contribution >= 0.6 is 0 Å². The largest absolute Gasteiger partial charge is 0.281 e. The average molecular weight is 193 g/mol. The van der Waals surface area contributed by atoms with Gasteiger partial charge in [0.05, 0.1) is 0 Å². The van der Waals surface area contributed by atoms with Gasteiger partial charge in [0, 0.05) is 6.04 Å². The third-order valence-electron chi connectivity index (χ3n) is 2.87. The number of benzene rings is 1. The van der Waals surface area contributed by atoms with Crippen LogP contribution in [0, 0.1) is 0 Å². The topological polar surface area (TPSA) is 12.0 Å². The van der Waals surface area contributed by atoms with Crippen molar-refractivity contribution in [3.8, 4) is 0 Å².